The Kier molecular flexibility index (Phi) is 2.89. The lowest BCUT2D eigenvalue weighted by Gasteiger charge is -2.30. The van der Waals surface area contributed by atoms with Crippen molar-refractivity contribution in [1.82, 2.24) is 4.90 Å². The molecule has 0 radical (unpaired) electrons. The molecular formula is C10H17N. The molecule has 0 aromatic carbocycles. The van der Waals surface area contributed by atoms with Crippen LogP contribution in [0.4, 0.5) is 0 Å². The van der Waals surface area contributed by atoms with Gasteiger partial charge in [-0.3, -0.25) is 0 Å². The second-order valence-corrected chi connectivity index (χ2v) is 3.39. The van der Waals surface area contributed by atoms with Gasteiger partial charge in [-0.1, -0.05) is 18.2 Å². The first kappa shape index (κ1) is 8.54. The van der Waals surface area contributed by atoms with Gasteiger partial charge in [-0.15, -0.1) is 6.58 Å². The molecule has 1 atom stereocenters. The zero-order valence-corrected chi connectivity index (χ0v) is 7.34. The predicted molar refractivity (Wildman–Crippen MR) is 49.6 cm³/mol. The highest BCUT2D eigenvalue weighted by Gasteiger charge is 2.18. The third-order valence-corrected chi connectivity index (χ3v) is 2.38. The molecule has 0 aromatic heterocycles. The molecule has 1 heterocycles. The van der Waals surface area contributed by atoms with Gasteiger partial charge in [0.15, 0.2) is 0 Å². The van der Waals surface area contributed by atoms with Crippen molar-refractivity contribution in [2.45, 2.75) is 12.8 Å². The van der Waals surface area contributed by atoms with Crippen molar-refractivity contribution in [1.29, 1.82) is 0 Å². The summed E-state index contributed by atoms with van der Waals surface area (Å²) in [5.74, 6) is 0.659. The van der Waals surface area contributed by atoms with Crippen LogP contribution in [0.5, 0.6) is 0 Å². The van der Waals surface area contributed by atoms with Crippen LogP contribution >= 0.6 is 0 Å². The molecular weight excluding hydrogens is 134 g/mol. The van der Waals surface area contributed by atoms with Crippen LogP contribution in [0.15, 0.2) is 24.8 Å². The van der Waals surface area contributed by atoms with Crippen LogP contribution in [0.3, 0.4) is 0 Å². The van der Waals surface area contributed by atoms with E-state index >= 15 is 0 Å². The van der Waals surface area contributed by atoms with Crippen molar-refractivity contribution in [2.24, 2.45) is 5.92 Å². The maximum absolute atomic E-state index is 4.07. The summed E-state index contributed by atoms with van der Waals surface area (Å²) in [5.41, 5.74) is 1.41. The minimum atomic E-state index is 0.659. The van der Waals surface area contributed by atoms with Crippen LogP contribution in [0, 0.1) is 5.92 Å². The third kappa shape index (κ3) is 2.19. The van der Waals surface area contributed by atoms with Gasteiger partial charge in [0.05, 0.1) is 0 Å². The predicted octanol–water partition coefficient (Wildman–Crippen LogP) is 2.07. The molecule has 0 saturated carbocycles. The van der Waals surface area contributed by atoms with E-state index in [-0.39, 0.29) is 0 Å². The van der Waals surface area contributed by atoms with E-state index in [0.717, 1.165) is 19.4 Å². The van der Waals surface area contributed by atoms with Crippen LogP contribution in [0.2, 0.25) is 0 Å². The minimum Gasteiger partial charge on any atom is -0.305 e. The minimum absolute atomic E-state index is 0.659. The summed E-state index contributed by atoms with van der Waals surface area (Å²) in [5, 5.41) is 0. The third-order valence-electron chi connectivity index (χ3n) is 2.38. The highest BCUT2D eigenvalue weighted by Crippen LogP contribution is 2.22. The monoisotopic (exact) mass is 151 g/mol. The van der Waals surface area contributed by atoms with E-state index in [1.54, 1.807) is 0 Å². The Morgan fingerprint density at radius 1 is 1.73 bits per heavy atom. The summed E-state index contributed by atoms with van der Waals surface area (Å²) in [6.07, 6.45) is 4.24. The number of hydrogen-bond donors (Lipinski definition) is 0. The summed E-state index contributed by atoms with van der Waals surface area (Å²) in [7, 11) is 2.17. The van der Waals surface area contributed by atoms with Gasteiger partial charge in [-0.05, 0) is 25.8 Å². The summed E-state index contributed by atoms with van der Waals surface area (Å²) in [6, 6.07) is 0. The Labute approximate surface area is 69.4 Å². The maximum Gasteiger partial charge on any atom is 0.00470 e. The van der Waals surface area contributed by atoms with E-state index < -0.39 is 0 Å². The zero-order valence-electron chi connectivity index (χ0n) is 7.34. The molecule has 1 saturated heterocycles. The lowest BCUT2D eigenvalue weighted by atomic mass is 9.91. The summed E-state index contributed by atoms with van der Waals surface area (Å²) < 4.78 is 0. The van der Waals surface area contributed by atoms with E-state index in [9.17, 15) is 0 Å². The molecule has 62 valence electrons. The normalized spacial score (nSPS) is 27.0. The number of hydrogen-bond acceptors (Lipinski definition) is 1. The van der Waals surface area contributed by atoms with Gasteiger partial charge in [-0.25, -0.2) is 0 Å². The Balaban J connectivity index is 2.46. The Morgan fingerprint density at radius 3 is 3.09 bits per heavy atom. The first-order valence-electron chi connectivity index (χ1n) is 4.21. The number of rotatable bonds is 2. The van der Waals surface area contributed by atoms with Gasteiger partial charge in [0, 0.05) is 13.1 Å². The Hall–Kier alpha value is -0.560. The first-order chi connectivity index (χ1) is 5.24. The molecule has 1 aliphatic rings. The van der Waals surface area contributed by atoms with E-state index in [0.29, 0.717) is 5.92 Å². The summed E-state index contributed by atoms with van der Waals surface area (Å²) in [4.78, 5) is 2.36. The smallest absolute Gasteiger partial charge is 0.00470 e. The standard InChI is InChI=1S/C10H17N/c1-4-5-10-8-11(3)7-6-9(10)2/h4,10H,1-2,5-8H2,3H3. The van der Waals surface area contributed by atoms with Gasteiger partial charge < -0.3 is 4.90 Å². The molecule has 0 aliphatic carbocycles. The van der Waals surface area contributed by atoms with Gasteiger partial charge >= 0.3 is 0 Å². The molecule has 1 nitrogen and oxygen atoms in total. The van der Waals surface area contributed by atoms with Gasteiger partial charge in [0.1, 0.15) is 0 Å². The molecule has 0 spiro atoms. The topological polar surface area (TPSA) is 3.24 Å². The zero-order chi connectivity index (χ0) is 8.27. The van der Waals surface area contributed by atoms with Crippen molar-refractivity contribution in [2.75, 3.05) is 20.1 Å². The van der Waals surface area contributed by atoms with Crippen LogP contribution in [0.25, 0.3) is 0 Å². The first-order valence-corrected chi connectivity index (χ1v) is 4.21. The van der Waals surface area contributed by atoms with E-state index in [1.165, 1.54) is 12.1 Å². The molecule has 1 unspecified atom stereocenters. The number of piperidine rings is 1. The van der Waals surface area contributed by atoms with Crippen LogP contribution in [-0.4, -0.2) is 25.0 Å². The SMILES string of the molecule is C=CCC1CN(C)CCC1=C. The highest BCUT2D eigenvalue weighted by atomic mass is 15.1. The highest BCUT2D eigenvalue weighted by molar-refractivity contribution is 5.06. The van der Waals surface area contributed by atoms with Crippen molar-refractivity contribution in [3.05, 3.63) is 24.8 Å². The van der Waals surface area contributed by atoms with Gasteiger partial charge in [-0.2, -0.15) is 0 Å². The molecule has 0 bridgehead atoms. The Morgan fingerprint density at radius 2 is 2.45 bits per heavy atom. The summed E-state index contributed by atoms with van der Waals surface area (Å²) in [6.45, 7) is 10.2. The average molecular weight is 151 g/mol. The van der Waals surface area contributed by atoms with E-state index in [2.05, 4.69) is 25.1 Å². The van der Waals surface area contributed by atoms with Crippen molar-refractivity contribution in [3.8, 4) is 0 Å². The van der Waals surface area contributed by atoms with Crippen molar-refractivity contribution in [3.63, 3.8) is 0 Å². The fraction of sp³-hybridized carbons (Fsp3) is 0.600. The molecule has 0 aromatic rings. The molecule has 1 aliphatic heterocycles. The lowest BCUT2D eigenvalue weighted by Crippen LogP contribution is -2.33. The van der Waals surface area contributed by atoms with E-state index in [4.69, 9.17) is 0 Å². The van der Waals surface area contributed by atoms with Crippen LogP contribution in [0.1, 0.15) is 12.8 Å². The molecule has 0 amide bonds. The van der Waals surface area contributed by atoms with Crippen molar-refractivity contribution >= 4 is 0 Å². The number of likely N-dealkylation sites (tertiary alicyclic amines) is 1. The molecule has 1 rings (SSSR count). The van der Waals surface area contributed by atoms with Gasteiger partial charge in [0.25, 0.3) is 0 Å². The second-order valence-electron chi connectivity index (χ2n) is 3.39. The summed E-state index contributed by atoms with van der Waals surface area (Å²) >= 11 is 0. The Bertz CT molecular complexity index is 160. The number of nitrogens with zero attached hydrogens (tertiary/aromatic N) is 1. The molecule has 11 heavy (non-hydrogen) atoms. The molecule has 0 N–H and O–H groups in total. The second kappa shape index (κ2) is 3.72. The average Bonchev–Trinajstić information content (AvgIpc) is 1.98. The quantitative estimate of drug-likeness (QED) is 0.546. The fourth-order valence-electron chi connectivity index (χ4n) is 1.58. The number of allylic oxidation sites excluding steroid dienone is 1. The molecule has 1 fully saturated rings. The largest absolute Gasteiger partial charge is 0.305 e. The van der Waals surface area contributed by atoms with Crippen molar-refractivity contribution < 1.29 is 0 Å². The van der Waals surface area contributed by atoms with E-state index in [1.807, 2.05) is 6.08 Å². The van der Waals surface area contributed by atoms with Crippen LogP contribution < -0.4 is 0 Å². The molecule has 1 heteroatoms. The van der Waals surface area contributed by atoms with Crippen LogP contribution in [-0.2, 0) is 0 Å². The fourth-order valence-corrected chi connectivity index (χ4v) is 1.58. The maximum atomic E-state index is 4.07. The lowest BCUT2D eigenvalue weighted by molar-refractivity contribution is 0.259. The van der Waals surface area contributed by atoms with Gasteiger partial charge in [0.2, 0.25) is 0 Å².